The monoisotopic (exact) mass is 240 g/mol. The molecular formula is C12H10ClFS. The van der Waals surface area contributed by atoms with Crippen molar-refractivity contribution in [3.63, 3.8) is 0 Å². The first kappa shape index (κ1) is 10.7. The third-order valence-corrected chi connectivity index (χ3v) is 3.59. The first-order valence-corrected chi connectivity index (χ1v) is 5.93. The second-order valence-electron chi connectivity index (χ2n) is 3.40. The molecule has 0 spiro atoms. The van der Waals surface area contributed by atoms with Gasteiger partial charge in [0.1, 0.15) is 5.82 Å². The Morgan fingerprint density at radius 1 is 1.20 bits per heavy atom. The molecule has 0 N–H and O–H groups in total. The van der Waals surface area contributed by atoms with Gasteiger partial charge in [0, 0.05) is 4.88 Å². The summed E-state index contributed by atoms with van der Waals surface area (Å²) in [6, 6.07) is 8.37. The van der Waals surface area contributed by atoms with Crippen LogP contribution in [0.25, 0.3) is 0 Å². The summed E-state index contributed by atoms with van der Waals surface area (Å²) in [5.74, 6) is -0.232. The molecule has 0 fully saturated rings. The molecule has 1 heterocycles. The summed E-state index contributed by atoms with van der Waals surface area (Å²) < 4.78 is 12.7. The minimum Gasteiger partial charge on any atom is -0.207 e. The smallest absolute Gasteiger partial charge is 0.123 e. The van der Waals surface area contributed by atoms with Crippen molar-refractivity contribution in [3.8, 4) is 0 Å². The number of rotatable bonds is 2. The largest absolute Gasteiger partial charge is 0.207 e. The lowest BCUT2D eigenvalue weighted by molar-refractivity contribution is 0.627. The average Bonchev–Trinajstić information content (AvgIpc) is 2.65. The lowest BCUT2D eigenvalue weighted by Crippen LogP contribution is -1.90. The second-order valence-corrected chi connectivity index (χ2v) is 4.96. The summed E-state index contributed by atoms with van der Waals surface area (Å²) in [6.45, 7) is 2.04. The predicted octanol–water partition coefficient (Wildman–Crippen LogP) is 4.52. The number of halogens is 2. The molecule has 3 heteroatoms. The molecular weight excluding hydrogens is 231 g/mol. The molecule has 0 saturated carbocycles. The van der Waals surface area contributed by atoms with Crippen LogP contribution in [0.5, 0.6) is 0 Å². The molecule has 0 aliphatic rings. The first-order valence-electron chi connectivity index (χ1n) is 4.61. The molecule has 0 aliphatic carbocycles. The molecule has 2 rings (SSSR count). The minimum absolute atomic E-state index is 0.185. The molecule has 0 aliphatic heterocycles. The van der Waals surface area contributed by atoms with E-state index in [4.69, 9.17) is 11.6 Å². The highest BCUT2D eigenvalue weighted by atomic mass is 35.5. The van der Waals surface area contributed by atoms with E-state index in [-0.39, 0.29) is 11.2 Å². The number of thiophene rings is 1. The number of benzene rings is 1. The van der Waals surface area contributed by atoms with Gasteiger partial charge in [-0.2, -0.15) is 0 Å². The Morgan fingerprint density at radius 2 is 1.87 bits per heavy atom. The van der Waals surface area contributed by atoms with Crippen LogP contribution in [0, 0.1) is 12.7 Å². The van der Waals surface area contributed by atoms with Crippen LogP contribution in [-0.2, 0) is 0 Å². The summed E-state index contributed by atoms with van der Waals surface area (Å²) in [6.07, 6.45) is 0. The fourth-order valence-corrected chi connectivity index (χ4v) is 2.50. The maximum Gasteiger partial charge on any atom is 0.123 e. The lowest BCUT2D eigenvalue weighted by Gasteiger charge is -2.07. The third kappa shape index (κ3) is 2.39. The van der Waals surface area contributed by atoms with E-state index in [1.165, 1.54) is 17.0 Å². The van der Waals surface area contributed by atoms with E-state index in [1.807, 2.05) is 12.3 Å². The lowest BCUT2D eigenvalue weighted by atomic mass is 10.1. The van der Waals surface area contributed by atoms with Gasteiger partial charge >= 0.3 is 0 Å². The van der Waals surface area contributed by atoms with Crippen LogP contribution in [0.15, 0.2) is 35.7 Å². The quantitative estimate of drug-likeness (QED) is 0.677. The summed E-state index contributed by atoms with van der Waals surface area (Å²) in [5, 5.41) is 1.85. The Kier molecular flexibility index (Phi) is 3.08. The maximum absolute atomic E-state index is 12.7. The van der Waals surface area contributed by atoms with Crippen LogP contribution < -0.4 is 0 Å². The Morgan fingerprint density at radius 3 is 2.40 bits per heavy atom. The van der Waals surface area contributed by atoms with Gasteiger partial charge in [-0.05, 0) is 41.6 Å². The van der Waals surface area contributed by atoms with Crippen molar-refractivity contribution in [1.29, 1.82) is 0 Å². The van der Waals surface area contributed by atoms with Gasteiger partial charge in [0.05, 0.1) is 5.38 Å². The zero-order valence-corrected chi connectivity index (χ0v) is 9.78. The van der Waals surface area contributed by atoms with Crippen molar-refractivity contribution < 1.29 is 4.39 Å². The van der Waals surface area contributed by atoms with Crippen LogP contribution in [0.1, 0.15) is 21.4 Å². The second kappa shape index (κ2) is 4.33. The van der Waals surface area contributed by atoms with Crippen LogP contribution in [0.2, 0.25) is 0 Å². The van der Waals surface area contributed by atoms with Gasteiger partial charge in [-0.1, -0.05) is 12.1 Å². The van der Waals surface area contributed by atoms with Crippen LogP contribution in [-0.4, -0.2) is 0 Å². The normalized spacial score (nSPS) is 12.7. The molecule has 2 aromatic rings. The van der Waals surface area contributed by atoms with Gasteiger partial charge in [-0.25, -0.2) is 4.39 Å². The van der Waals surface area contributed by atoms with Gasteiger partial charge in [0.15, 0.2) is 0 Å². The van der Waals surface area contributed by atoms with E-state index in [0.717, 1.165) is 11.1 Å². The standard InChI is InChI=1S/C12H10ClFS/c1-8-6-10(7-15-8)12(13)9-2-4-11(14)5-3-9/h2-7,12H,1H3. The molecule has 0 bridgehead atoms. The van der Waals surface area contributed by atoms with E-state index in [1.54, 1.807) is 23.5 Å². The summed E-state index contributed by atoms with van der Waals surface area (Å²) in [4.78, 5) is 1.23. The third-order valence-electron chi connectivity index (χ3n) is 2.21. The SMILES string of the molecule is Cc1cc(C(Cl)c2ccc(F)cc2)cs1. The van der Waals surface area contributed by atoms with Crippen LogP contribution in [0.3, 0.4) is 0 Å². The van der Waals surface area contributed by atoms with Crippen molar-refractivity contribution in [2.45, 2.75) is 12.3 Å². The molecule has 0 nitrogen and oxygen atoms in total. The number of hydrogen-bond acceptors (Lipinski definition) is 1. The summed E-state index contributed by atoms with van der Waals surface area (Å²) >= 11 is 7.95. The Hall–Kier alpha value is -0.860. The highest BCUT2D eigenvalue weighted by Crippen LogP contribution is 2.31. The Bertz CT molecular complexity index is 447. The van der Waals surface area contributed by atoms with E-state index in [2.05, 4.69) is 6.07 Å². The molecule has 1 unspecified atom stereocenters. The fourth-order valence-electron chi connectivity index (χ4n) is 1.42. The Balaban J connectivity index is 2.28. The van der Waals surface area contributed by atoms with E-state index < -0.39 is 0 Å². The van der Waals surface area contributed by atoms with Crippen molar-refractivity contribution in [3.05, 3.63) is 57.5 Å². The number of hydrogen-bond donors (Lipinski definition) is 0. The van der Waals surface area contributed by atoms with Crippen molar-refractivity contribution >= 4 is 22.9 Å². The minimum atomic E-state index is -0.232. The van der Waals surface area contributed by atoms with E-state index >= 15 is 0 Å². The molecule has 15 heavy (non-hydrogen) atoms. The Labute approximate surface area is 97.3 Å². The van der Waals surface area contributed by atoms with Gasteiger partial charge in [-0.15, -0.1) is 22.9 Å². The van der Waals surface area contributed by atoms with Crippen molar-refractivity contribution in [2.75, 3.05) is 0 Å². The summed E-state index contributed by atoms with van der Waals surface area (Å²) in [5.41, 5.74) is 2.00. The topological polar surface area (TPSA) is 0 Å². The van der Waals surface area contributed by atoms with Gasteiger partial charge in [-0.3, -0.25) is 0 Å². The molecule has 0 amide bonds. The molecule has 0 saturated heterocycles. The van der Waals surface area contributed by atoms with Gasteiger partial charge < -0.3 is 0 Å². The molecule has 0 radical (unpaired) electrons. The van der Waals surface area contributed by atoms with Crippen LogP contribution >= 0.6 is 22.9 Å². The van der Waals surface area contributed by atoms with E-state index in [9.17, 15) is 4.39 Å². The molecule has 78 valence electrons. The summed E-state index contributed by atoms with van der Waals surface area (Å²) in [7, 11) is 0. The number of aryl methyl sites for hydroxylation is 1. The van der Waals surface area contributed by atoms with Crippen molar-refractivity contribution in [2.24, 2.45) is 0 Å². The zero-order valence-electron chi connectivity index (χ0n) is 8.21. The van der Waals surface area contributed by atoms with Gasteiger partial charge in [0.2, 0.25) is 0 Å². The number of alkyl halides is 1. The zero-order chi connectivity index (χ0) is 10.8. The highest BCUT2D eigenvalue weighted by molar-refractivity contribution is 7.10. The van der Waals surface area contributed by atoms with Crippen LogP contribution in [0.4, 0.5) is 4.39 Å². The molecule has 1 aromatic heterocycles. The van der Waals surface area contributed by atoms with Crippen molar-refractivity contribution in [1.82, 2.24) is 0 Å². The molecule has 1 atom stereocenters. The fraction of sp³-hybridized carbons (Fsp3) is 0.167. The maximum atomic E-state index is 12.7. The van der Waals surface area contributed by atoms with E-state index in [0.29, 0.717) is 0 Å². The predicted molar refractivity (Wildman–Crippen MR) is 63.2 cm³/mol. The highest BCUT2D eigenvalue weighted by Gasteiger charge is 2.11. The average molecular weight is 241 g/mol. The first-order chi connectivity index (χ1) is 7.16. The molecule has 1 aromatic carbocycles. The van der Waals surface area contributed by atoms with Gasteiger partial charge in [0.25, 0.3) is 0 Å².